The Morgan fingerprint density at radius 1 is 1.32 bits per heavy atom. The summed E-state index contributed by atoms with van der Waals surface area (Å²) in [6.45, 7) is 3.05. The van der Waals surface area contributed by atoms with Gasteiger partial charge in [-0.15, -0.1) is 0 Å². The number of aromatic nitrogens is 1. The number of rotatable bonds is 6. The molecule has 0 spiro atoms. The second-order valence-electron chi connectivity index (χ2n) is 8.43. The Balaban J connectivity index is 1.43. The number of pyridine rings is 1. The van der Waals surface area contributed by atoms with Gasteiger partial charge in [-0.3, -0.25) is 0 Å². The summed E-state index contributed by atoms with van der Waals surface area (Å²) in [5.74, 6) is -1.42. The quantitative estimate of drug-likeness (QED) is 0.589. The Morgan fingerprint density at radius 3 is 2.55 bits per heavy atom. The summed E-state index contributed by atoms with van der Waals surface area (Å²) < 4.78 is 58.4. The van der Waals surface area contributed by atoms with Crippen LogP contribution in [0, 0.1) is 11.2 Å². The van der Waals surface area contributed by atoms with E-state index in [-0.39, 0.29) is 34.3 Å². The SMILES string of the molecule is CC1(COc2cc(F)c(C(=O)O)cc2C2CC2)CN(c2ncc(C(F)(F)F)cc2Cl)C1. The van der Waals surface area contributed by atoms with Crippen LogP contribution in [0.4, 0.5) is 23.4 Å². The van der Waals surface area contributed by atoms with Gasteiger partial charge in [0.2, 0.25) is 0 Å². The van der Waals surface area contributed by atoms with Crippen molar-refractivity contribution in [3.8, 4) is 5.75 Å². The lowest BCUT2D eigenvalue weighted by Crippen LogP contribution is -2.58. The van der Waals surface area contributed by atoms with Gasteiger partial charge in [-0.05, 0) is 36.5 Å². The average Bonchev–Trinajstić information content (AvgIpc) is 3.48. The van der Waals surface area contributed by atoms with Crippen LogP contribution in [0.25, 0.3) is 0 Å². The first kappa shape index (κ1) is 21.7. The molecule has 1 aliphatic carbocycles. The Hall–Kier alpha value is -2.55. The van der Waals surface area contributed by atoms with Crippen LogP contribution in [0.1, 0.15) is 47.2 Å². The van der Waals surface area contributed by atoms with Crippen molar-refractivity contribution in [3.05, 3.63) is 51.9 Å². The molecule has 0 atom stereocenters. The predicted octanol–water partition coefficient (Wildman–Crippen LogP) is 5.37. The average molecular weight is 459 g/mol. The minimum absolute atomic E-state index is 0.0832. The van der Waals surface area contributed by atoms with E-state index in [1.54, 1.807) is 4.90 Å². The van der Waals surface area contributed by atoms with Crippen molar-refractivity contribution in [3.63, 3.8) is 0 Å². The largest absolute Gasteiger partial charge is 0.492 e. The summed E-state index contributed by atoms with van der Waals surface area (Å²) in [6, 6.07) is 3.31. The fraction of sp³-hybridized carbons (Fsp3) is 0.429. The van der Waals surface area contributed by atoms with E-state index in [1.807, 2.05) is 6.92 Å². The third-order valence-corrected chi connectivity index (χ3v) is 5.80. The molecule has 0 bridgehead atoms. The molecule has 1 saturated carbocycles. The van der Waals surface area contributed by atoms with Crippen LogP contribution >= 0.6 is 11.6 Å². The van der Waals surface area contributed by atoms with Gasteiger partial charge in [0, 0.05) is 30.8 Å². The maximum Gasteiger partial charge on any atom is 0.417 e. The molecule has 2 aromatic rings. The first-order valence-electron chi connectivity index (χ1n) is 9.64. The fourth-order valence-corrected chi connectivity index (χ4v) is 4.05. The standard InChI is InChI=1S/C21H19ClF4N2O3/c1-20(8-28(9-20)18-15(22)4-12(7-27-18)21(24,25)26)10-31-17-6-16(23)14(19(29)30)5-13(17)11-2-3-11/h4-7,11H,2-3,8-10H2,1H3,(H,29,30). The molecule has 2 heterocycles. The molecule has 1 aromatic heterocycles. The van der Waals surface area contributed by atoms with E-state index in [9.17, 15) is 22.4 Å². The van der Waals surface area contributed by atoms with Crippen molar-refractivity contribution in [2.75, 3.05) is 24.6 Å². The summed E-state index contributed by atoms with van der Waals surface area (Å²) >= 11 is 6.00. The Morgan fingerprint density at radius 2 is 2.00 bits per heavy atom. The van der Waals surface area contributed by atoms with Crippen LogP contribution in [0.2, 0.25) is 5.02 Å². The highest BCUT2D eigenvalue weighted by Gasteiger charge is 2.42. The van der Waals surface area contributed by atoms with Gasteiger partial charge in [-0.1, -0.05) is 18.5 Å². The lowest BCUT2D eigenvalue weighted by Gasteiger charge is -2.48. The number of aromatic carboxylic acids is 1. The summed E-state index contributed by atoms with van der Waals surface area (Å²) in [6.07, 6.45) is -1.98. The van der Waals surface area contributed by atoms with Gasteiger partial charge in [-0.25, -0.2) is 14.2 Å². The zero-order valence-corrected chi connectivity index (χ0v) is 17.2. The summed E-state index contributed by atoms with van der Waals surface area (Å²) in [5.41, 5.74) is -0.951. The van der Waals surface area contributed by atoms with Crippen LogP contribution in [0.5, 0.6) is 5.75 Å². The van der Waals surface area contributed by atoms with Crippen LogP contribution in [0.3, 0.4) is 0 Å². The van der Waals surface area contributed by atoms with Gasteiger partial charge < -0.3 is 14.7 Å². The normalized spacial score (nSPS) is 17.9. The lowest BCUT2D eigenvalue weighted by molar-refractivity contribution is -0.137. The zero-order chi connectivity index (χ0) is 22.6. The number of benzene rings is 1. The van der Waals surface area contributed by atoms with E-state index in [4.69, 9.17) is 21.4 Å². The third-order valence-electron chi connectivity index (χ3n) is 5.52. The van der Waals surface area contributed by atoms with Crippen LogP contribution < -0.4 is 9.64 Å². The highest BCUT2D eigenvalue weighted by molar-refractivity contribution is 6.33. The fourth-order valence-electron chi connectivity index (χ4n) is 3.76. The van der Waals surface area contributed by atoms with E-state index < -0.39 is 23.5 Å². The maximum absolute atomic E-state index is 14.2. The molecular weight excluding hydrogens is 440 g/mol. The molecule has 0 unspecified atom stereocenters. The van der Waals surface area contributed by atoms with Gasteiger partial charge in [0.25, 0.3) is 0 Å². The number of anilines is 1. The van der Waals surface area contributed by atoms with Gasteiger partial charge in [0.05, 0.1) is 22.8 Å². The Labute approximate surface area is 180 Å². The predicted molar refractivity (Wildman–Crippen MR) is 105 cm³/mol. The molecule has 166 valence electrons. The minimum atomic E-state index is -4.52. The van der Waals surface area contributed by atoms with E-state index in [1.165, 1.54) is 6.07 Å². The number of carboxylic acids is 1. The summed E-state index contributed by atoms with van der Waals surface area (Å²) in [7, 11) is 0. The monoisotopic (exact) mass is 458 g/mol. The van der Waals surface area contributed by atoms with Crippen LogP contribution in [0.15, 0.2) is 24.4 Å². The number of ether oxygens (including phenoxy) is 1. The molecule has 1 saturated heterocycles. The summed E-state index contributed by atoms with van der Waals surface area (Å²) in [4.78, 5) is 16.8. The van der Waals surface area contributed by atoms with Gasteiger partial charge >= 0.3 is 12.1 Å². The third kappa shape index (κ3) is 4.42. The molecule has 1 aliphatic heterocycles. The molecule has 2 aliphatic rings. The van der Waals surface area contributed by atoms with Crippen LogP contribution in [-0.2, 0) is 6.18 Å². The molecule has 10 heteroatoms. The molecule has 0 amide bonds. The second-order valence-corrected chi connectivity index (χ2v) is 8.84. The molecular formula is C21H19ClF4N2O3. The zero-order valence-electron chi connectivity index (χ0n) is 16.5. The van der Waals surface area contributed by atoms with Crippen molar-refractivity contribution >= 4 is 23.4 Å². The van der Waals surface area contributed by atoms with Gasteiger partial charge in [0.15, 0.2) is 0 Å². The maximum atomic E-state index is 14.2. The number of alkyl halides is 3. The van der Waals surface area contributed by atoms with Crippen molar-refractivity contribution < 1.29 is 32.2 Å². The number of halogens is 5. The number of hydrogen-bond donors (Lipinski definition) is 1. The van der Waals surface area contributed by atoms with Crippen molar-refractivity contribution in [1.82, 2.24) is 4.98 Å². The van der Waals surface area contributed by atoms with Crippen molar-refractivity contribution in [2.24, 2.45) is 5.41 Å². The molecule has 1 N–H and O–H groups in total. The van der Waals surface area contributed by atoms with E-state index in [0.29, 0.717) is 24.4 Å². The first-order valence-corrected chi connectivity index (χ1v) is 10.0. The number of hydrogen-bond acceptors (Lipinski definition) is 4. The van der Waals surface area contributed by atoms with Gasteiger partial charge in [0.1, 0.15) is 17.4 Å². The molecule has 4 rings (SSSR count). The highest BCUT2D eigenvalue weighted by Crippen LogP contribution is 2.46. The van der Waals surface area contributed by atoms with E-state index in [0.717, 1.165) is 31.2 Å². The highest BCUT2D eigenvalue weighted by atomic mass is 35.5. The lowest BCUT2D eigenvalue weighted by atomic mass is 9.83. The number of carboxylic acid groups (broad SMARTS) is 1. The van der Waals surface area contributed by atoms with Crippen molar-refractivity contribution in [2.45, 2.75) is 31.9 Å². The van der Waals surface area contributed by atoms with Gasteiger partial charge in [-0.2, -0.15) is 13.2 Å². The molecule has 0 radical (unpaired) electrons. The van der Waals surface area contributed by atoms with E-state index in [2.05, 4.69) is 4.98 Å². The molecule has 1 aromatic carbocycles. The summed E-state index contributed by atoms with van der Waals surface area (Å²) in [5, 5.41) is 9.06. The Bertz CT molecular complexity index is 1030. The molecule has 5 nitrogen and oxygen atoms in total. The smallest absolute Gasteiger partial charge is 0.417 e. The van der Waals surface area contributed by atoms with Crippen molar-refractivity contribution in [1.29, 1.82) is 0 Å². The Kier molecular flexibility index (Phi) is 5.28. The number of nitrogens with zero attached hydrogens (tertiary/aromatic N) is 2. The molecule has 2 fully saturated rings. The minimum Gasteiger partial charge on any atom is -0.492 e. The topological polar surface area (TPSA) is 62.7 Å². The molecule has 31 heavy (non-hydrogen) atoms. The second kappa shape index (κ2) is 7.55. The van der Waals surface area contributed by atoms with Crippen LogP contribution in [-0.4, -0.2) is 35.8 Å². The number of carbonyl (C=O) groups is 1. The van der Waals surface area contributed by atoms with E-state index >= 15 is 0 Å². The first-order chi connectivity index (χ1) is 14.5.